The molecule has 6 heterocycles. The van der Waals surface area contributed by atoms with E-state index >= 15 is 4.39 Å². The fourth-order valence-corrected chi connectivity index (χ4v) is 8.66. The molecule has 2 amide bonds. The van der Waals surface area contributed by atoms with Crippen LogP contribution in [0.3, 0.4) is 0 Å². The zero-order valence-electron chi connectivity index (χ0n) is 27.9. The average Bonchev–Trinajstić information content (AvgIpc) is 3.76. The molecule has 1 aliphatic carbocycles. The molecule has 258 valence electrons. The molecule has 1 saturated carbocycles. The fraction of sp³-hybridized carbons (Fsp3) is 0.395. The summed E-state index contributed by atoms with van der Waals surface area (Å²) in [5, 5.41) is 12.1. The predicted molar refractivity (Wildman–Crippen MR) is 188 cm³/mol. The van der Waals surface area contributed by atoms with Gasteiger partial charge in [-0.25, -0.2) is 9.37 Å². The maximum atomic E-state index is 15.2. The van der Waals surface area contributed by atoms with E-state index in [1.165, 1.54) is 17.0 Å². The van der Waals surface area contributed by atoms with Gasteiger partial charge >= 0.3 is 0 Å². The third-order valence-corrected chi connectivity index (χ3v) is 11.8. The summed E-state index contributed by atoms with van der Waals surface area (Å²) in [5.41, 5.74) is 1.95. The van der Waals surface area contributed by atoms with E-state index in [1.807, 2.05) is 60.5 Å². The van der Waals surface area contributed by atoms with Crippen LogP contribution in [0.1, 0.15) is 65.0 Å². The van der Waals surface area contributed by atoms with E-state index in [1.54, 1.807) is 17.2 Å². The van der Waals surface area contributed by atoms with Gasteiger partial charge in [-0.2, -0.15) is 0 Å². The third-order valence-electron chi connectivity index (χ3n) is 10.6. The van der Waals surface area contributed by atoms with E-state index in [0.717, 1.165) is 41.0 Å². The van der Waals surface area contributed by atoms with Gasteiger partial charge in [0.2, 0.25) is 5.91 Å². The number of fused-ring (bicyclic) bond motifs is 1. The summed E-state index contributed by atoms with van der Waals surface area (Å²) in [7, 11) is 0. The number of benzene rings is 1. The Labute approximate surface area is 292 Å². The molecule has 0 bridgehead atoms. The minimum absolute atomic E-state index is 0.00711. The lowest BCUT2D eigenvalue weighted by atomic mass is 9.79. The number of aryl methyl sites for hydroxylation is 1. The Bertz CT molecular complexity index is 2130. The van der Waals surface area contributed by atoms with Gasteiger partial charge in [0.1, 0.15) is 22.7 Å². The van der Waals surface area contributed by atoms with Crippen LogP contribution in [0.5, 0.6) is 0 Å². The van der Waals surface area contributed by atoms with E-state index < -0.39 is 11.4 Å². The van der Waals surface area contributed by atoms with E-state index in [2.05, 4.69) is 14.5 Å². The van der Waals surface area contributed by atoms with Gasteiger partial charge < -0.3 is 19.5 Å². The van der Waals surface area contributed by atoms with Gasteiger partial charge in [0, 0.05) is 67.0 Å². The number of amides is 2. The number of hydrogen-bond donors (Lipinski definition) is 1. The van der Waals surface area contributed by atoms with Gasteiger partial charge in [0.15, 0.2) is 0 Å². The molecule has 50 heavy (non-hydrogen) atoms. The summed E-state index contributed by atoms with van der Waals surface area (Å²) in [6.07, 6.45) is 8.41. The standard InChI is InChI=1S/C38H39FN6O4S/c1-24-19-26(9-14-40-24)32-20-31(39)33(50-32)37(48)43-15-10-28(30(21-43)25-5-3-2-4-6-25)35(46)42-17-12-38(49,13-18-42)22-44-23-41-34-29(36(44)47)11-16-45(34)27-7-8-27/h2-6,9,11,14,16,19-20,23,27-28,30,49H,7-8,10,12-13,15,17-18,21-22H2,1H3/t28-,30+/m1/s1. The Balaban J connectivity index is 0.958. The molecule has 1 aromatic carbocycles. The van der Waals surface area contributed by atoms with E-state index in [9.17, 15) is 19.5 Å². The van der Waals surface area contributed by atoms with Crippen molar-refractivity contribution in [1.82, 2.24) is 28.9 Å². The lowest BCUT2D eigenvalue weighted by Crippen LogP contribution is -2.53. The number of piperidine rings is 2. The van der Waals surface area contributed by atoms with Crippen molar-refractivity contribution in [2.75, 3.05) is 26.2 Å². The Morgan fingerprint density at radius 2 is 1.78 bits per heavy atom. The van der Waals surface area contributed by atoms with Gasteiger partial charge in [-0.05, 0) is 74.4 Å². The highest BCUT2D eigenvalue weighted by molar-refractivity contribution is 7.17. The molecule has 3 fully saturated rings. The highest BCUT2D eigenvalue weighted by Crippen LogP contribution is 2.39. The number of hydrogen-bond acceptors (Lipinski definition) is 7. The van der Waals surface area contributed by atoms with E-state index in [4.69, 9.17) is 0 Å². The van der Waals surface area contributed by atoms with Crippen molar-refractivity contribution in [3.63, 3.8) is 0 Å². The van der Waals surface area contributed by atoms with Crippen LogP contribution in [0.2, 0.25) is 0 Å². The lowest BCUT2D eigenvalue weighted by Gasteiger charge is -2.43. The molecular formula is C38H39FN6O4S. The summed E-state index contributed by atoms with van der Waals surface area (Å²) in [4.78, 5) is 54.2. The van der Waals surface area contributed by atoms with Gasteiger partial charge in [-0.3, -0.25) is 23.9 Å². The van der Waals surface area contributed by atoms with Gasteiger partial charge in [-0.15, -0.1) is 11.3 Å². The summed E-state index contributed by atoms with van der Waals surface area (Å²) in [5.74, 6) is -1.57. The Hall–Kier alpha value is -4.68. The minimum Gasteiger partial charge on any atom is -0.388 e. The molecule has 2 atom stereocenters. The maximum Gasteiger partial charge on any atom is 0.266 e. The van der Waals surface area contributed by atoms with Crippen molar-refractivity contribution in [2.24, 2.45) is 5.92 Å². The summed E-state index contributed by atoms with van der Waals surface area (Å²) in [6, 6.07) is 17.0. The number of carbonyl (C=O) groups is 2. The molecule has 12 heteroatoms. The van der Waals surface area contributed by atoms with Crippen LogP contribution in [0, 0.1) is 18.7 Å². The van der Waals surface area contributed by atoms with Crippen molar-refractivity contribution in [3.05, 3.63) is 106 Å². The lowest BCUT2D eigenvalue weighted by molar-refractivity contribution is -0.142. The quantitative estimate of drug-likeness (QED) is 0.244. The SMILES string of the molecule is Cc1cc(-c2cc(F)c(C(=O)N3CC[C@@H](C(=O)N4CCC(O)(Cn5cnc6c(ccn6C6CC6)c5=O)CC4)[C@H](c4ccccc4)C3)s2)ccn1. The first kappa shape index (κ1) is 32.5. The number of aromatic nitrogens is 4. The van der Waals surface area contributed by atoms with Crippen molar-refractivity contribution in [3.8, 4) is 10.4 Å². The van der Waals surface area contributed by atoms with Crippen LogP contribution in [-0.2, 0) is 11.3 Å². The highest BCUT2D eigenvalue weighted by atomic mass is 32.1. The minimum atomic E-state index is -1.15. The number of thiophene rings is 1. The molecule has 0 unspecified atom stereocenters. The maximum absolute atomic E-state index is 15.2. The number of rotatable bonds is 7. The molecule has 8 rings (SSSR count). The first-order valence-electron chi connectivity index (χ1n) is 17.3. The van der Waals surface area contributed by atoms with Crippen molar-refractivity contribution < 1.29 is 19.1 Å². The van der Waals surface area contributed by atoms with Crippen LogP contribution in [0.4, 0.5) is 4.39 Å². The zero-order valence-corrected chi connectivity index (χ0v) is 28.7. The number of likely N-dealkylation sites (tertiary alicyclic amines) is 2. The second-order valence-corrected chi connectivity index (χ2v) is 15.1. The monoisotopic (exact) mass is 694 g/mol. The fourth-order valence-electron chi connectivity index (χ4n) is 7.66. The molecule has 5 aromatic rings. The second kappa shape index (κ2) is 12.9. The highest BCUT2D eigenvalue weighted by Gasteiger charge is 2.42. The van der Waals surface area contributed by atoms with Crippen molar-refractivity contribution >= 4 is 34.2 Å². The van der Waals surface area contributed by atoms with E-state index in [-0.39, 0.29) is 40.6 Å². The molecule has 3 aliphatic rings. The number of carbonyl (C=O) groups excluding carboxylic acids is 2. The Morgan fingerprint density at radius 1 is 1.00 bits per heavy atom. The molecule has 10 nitrogen and oxygen atoms in total. The van der Waals surface area contributed by atoms with Crippen LogP contribution in [0.15, 0.2) is 78.1 Å². The molecule has 1 N–H and O–H groups in total. The Morgan fingerprint density at radius 3 is 2.52 bits per heavy atom. The smallest absolute Gasteiger partial charge is 0.266 e. The first-order valence-corrected chi connectivity index (χ1v) is 18.1. The summed E-state index contributed by atoms with van der Waals surface area (Å²) in [6.45, 7) is 3.32. The number of aliphatic hydroxyl groups is 1. The third kappa shape index (κ3) is 6.15. The normalized spacial score (nSPS) is 20.7. The number of halogens is 1. The van der Waals surface area contributed by atoms with Crippen LogP contribution < -0.4 is 5.56 Å². The number of pyridine rings is 1. The molecular weight excluding hydrogens is 656 g/mol. The molecule has 0 spiro atoms. The van der Waals surface area contributed by atoms with Crippen LogP contribution >= 0.6 is 11.3 Å². The molecule has 0 radical (unpaired) electrons. The van der Waals surface area contributed by atoms with Crippen LogP contribution in [-0.4, -0.2) is 77.6 Å². The number of nitrogens with zero attached hydrogens (tertiary/aromatic N) is 6. The summed E-state index contributed by atoms with van der Waals surface area (Å²) >= 11 is 1.14. The zero-order chi connectivity index (χ0) is 34.6. The molecule has 4 aromatic heterocycles. The predicted octanol–water partition coefficient (Wildman–Crippen LogP) is 5.40. The summed E-state index contributed by atoms with van der Waals surface area (Å²) < 4.78 is 18.8. The van der Waals surface area contributed by atoms with Gasteiger partial charge in [-0.1, -0.05) is 30.3 Å². The Kier molecular flexibility index (Phi) is 8.39. The largest absolute Gasteiger partial charge is 0.388 e. The molecule has 2 saturated heterocycles. The first-order chi connectivity index (χ1) is 24.2. The van der Waals surface area contributed by atoms with Gasteiger partial charge in [0.05, 0.1) is 17.5 Å². The van der Waals surface area contributed by atoms with Gasteiger partial charge in [0.25, 0.3) is 11.5 Å². The topological polar surface area (TPSA) is 114 Å². The average molecular weight is 695 g/mol. The van der Waals surface area contributed by atoms with Crippen molar-refractivity contribution in [1.29, 1.82) is 0 Å². The molecule has 2 aliphatic heterocycles. The van der Waals surface area contributed by atoms with Crippen LogP contribution in [0.25, 0.3) is 21.5 Å². The van der Waals surface area contributed by atoms with Crippen molar-refractivity contribution in [2.45, 2.75) is 63.1 Å². The van der Waals surface area contributed by atoms with E-state index in [0.29, 0.717) is 67.4 Å². The second-order valence-electron chi connectivity index (χ2n) is 14.1.